The first-order valence-electron chi connectivity index (χ1n) is 9.12. The van der Waals surface area contributed by atoms with E-state index in [4.69, 9.17) is 4.74 Å². The fourth-order valence-electron chi connectivity index (χ4n) is 3.10. The van der Waals surface area contributed by atoms with Crippen LogP contribution in [0.4, 0.5) is 11.4 Å². The maximum absolute atomic E-state index is 12.5. The molecule has 0 unspecified atom stereocenters. The molecule has 3 amide bonds. The number of rotatable bonds is 6. The van der Waals surface area contributed by atoms with Crippen molar-refractivity contribution in [1.82, 2.24) is 4.90 Å². The van der Waals surface area contributed by atoms with Gasteiger partial charge in [0.1, 0.15) is 6.04 Å². The molecule has 1 atom stereocenters. The predicted molar refractivity (Wildman–Crippen MR) is 109 cm³/mol. The smallest absolute Gasteiger partial charge is 0.329 e. The first-order valence-corrected chi connectivity index (χ1v) is 10.0. The molecular weight excluding hydrogens is 394 g/mol. The van der Waals surface area contributed by atoms with Gasteiger partial charge in [0.15, 0.2) is 6.61 Å². The second-order valence-electron chi connectivity index (χ2n) is 6.55. The van der Waals surface area contributed by atoms with Gasteiger partial charge in [-0.2, -0.15) is 0 Å². The molecule has 3 rings (SSSR count). The Morgan fingerprint density at radius 2 is 1.90 bits per heavy atom. The van der Waals surface area contributed by atoms with Crippen molar-refractivity contribution in [1.29, 1.82) is 0 Å². The van der Waals surface area contributed by atoms with Crippen LogP contribution in [0.5, 0.6) is 0 Å². The van der Waals surface area contributed by atoms with Crippen LogP contribution < -0.4 is 10.6 Å². The molecule has 1 aliphatic rings. The van der Waals surface area contributed by atoms with Crippen LogP contribution in [0.1, 0.15) is 29.4 Å². The van der Waals surface area contributed by atoms with Crippen molar-refractivity contribution in [2.45, 2.75) is 25.8 Å². The number of likely N-dealkylation sites (tertiary alicyclic amines) is 1. The van der Waals surface area contributed by atoms with E-state index in [0.717, 1.165) is 0 Å². The minimum Gasteiger partial charge on any atom is -0.454 e. The second kappa shape index (κ2) is 9.33. The summed E-state index contributed by atoms with van der Waals surface area (Å²) in [5.74, 6) is -1.51. The molecule has 0 radical (unpaired) electrons. The number of nitrogens with zero attached hydrogens (tertiary/aromatic N) is 1. The van der Waals surface area contributed by atoms with Crippen molar-refractivity contribution in [2.24, 2.45) is 0 Å². The number of thiophene rings is 1. The number of nitrogens with one attached hydrogen (secondary N) is 2. The molecular formula is C20H21N3O5S. The lowest BCUT2D eigenvalue weighted by molar-refractivity contribution is -0.151. The fourth-order valence-corrected chi connectivity index (χ4v) is 3.78. The number of amides is 3. The van der Waals surface area contributed by atoms with Crippen molar-refractivity contribution < 1.29 is 23.9 Å². The van der Waals surface area contributed by atoms with E-state index >= 15 is 0 Å². The topological polar surface area (TPSA) is 105 Å². The van der Waals surface area contributed by atoms with Gasteiger partial charge < -0.3 is 20.3 Å². The molecule has 1 saturated heterocycles. The van der Waals surface area contributed by atoms with Crippen LogP contribution in [0.3, 0.4) is 0 Å². The van der Waals surface area contributed by atoms with Crippen molar-refractivity contribution in [3.63, 3.8) is 0 Å². The number of hydrogen-bond donors (Lipinski definition) is 2. The van der Waals surface area contributed by atoms with Gasteiger partial charge in [-0.1, -0.05) is 12.1 Å². The second-order valence-corrected chi connectivity index (χ2v) is 7.50. The summed E-state index contributed by atoms with van der Waals surface area (Å²) in [4.78, 5) is 50.3. The predicted octanol–water partition coefficient (Wildman–Crippen LogP) is 2.49. The Labute approximate surface area is 171 Å². The summed E-state index contributed by atoms with van der Waals surface area (Å²) in [5, 5.41) is 7.04. The third kappa shape index (κ3) is 5.41. The molecule has 0 saturated carbocycles. The van der Waals surface area contributed by atoms with Gasteiger partial charge in [0.2, 0.25) is 5.91 Å². The van der Waals surface area contributed by atoms with Crippen LogP contribution in [0, 0.1) is 0 Å². The summed E-state index contributed by atoms with van der Waals surface area (Å²) in [7, 11) is 0. The SMILES string of the molecule is CC(=O)Nc1cccc(NC(=O)COC(=O)[C@@H]2CCCN2C(=O)c2cccs2)c1. The molecule has 152 valence electrons. The van der Waals surface area contributed by atoms with Crippen LogP contribution in [0.15, 0.2) is 41.8 Å². The van der Waals surface area contributed by atoms with Gasteiger partial charge in [0.25, 0.3) is 11.8 Å². The van der Waals surface area contributed by atoms with Gasteiger partial charge in [-0.05, 0) is 42.5 Å². The molecule has 0 aliphatic carbocycles. The summed E-state index contributed by atoms with van der Waals surface area (Å²) in [6.45, 7) is 1.42. The van der Waals surface area contributed by atoms with E-state index in [1.165, 1.54) is 23.2 Å². The van der Waals surface area contributed by atoms with Crippen molar-refractivity contribution in [3.8, 4) is 0 Å². The maximum atomic E-state index is 12.5. The number of hydrogen-bond acceptors (Lipinski definition) is 6. The minimum atomic E-state index is -0.680. The quantitative estimate of drug-likeness (QED) is 0.706. The lowest BCUT2D eigenvalue weighted by Gasteiger charge is -2.22. The molecule has 1 aliphatic heterocycles. The highest BCUT2D eigenvalue weighted by atomic mass is 32.1. The Morgan fingerprint density at radius 3 is 2.59 bits per heavy atom. The highest BCUT2D eigenvalue weighted by Gasteiger charge is 2.36. The normalized spacial score (nSPS) is 15.6. The van der Waals surface area contributed by atoms with E-state index in [-0.39, 0.29) is 11.8 Å². The summed E-state index contributed by atoms with van der Waals surface area (Å²) in [6.07, 6.45) is 1.22. The third-order valence-corrected chi connectivity index (χ3v) is 5.19. The lowest BCUT2D eigenvalue weighted by Crippen LogP contribution is -2.41. The average molecular weight is 415 g/mol. The van der Waals surface area contributed by atoms with E-state index in [2.05, 4.69) is 10.6 Å². The molecule has 2 aromatic rings. The van der Waals surface area contributed by atoms with Crippen LogP contribution in [0.25, 0.3) is 0 Å². The Morgan fingerprint density at radius 1 is 1.14 bits per heavy atom. The monoisotopic (exact) mass is 415 g/mol. The molecule has 8 nitrogen and oxygen atoms in total. The largest absolute Gasteiger partial charge is 0.454 e. The Bertz CT molecular complexity index is 913. The van der Waals surface area contributed by atoms with Gasteiger partial charge in [-0.15, -0.1) is 11.3 Å². The third-order valence-electron chi connectivity index (χ3n) is 4.33. The molecule has 2 heterocycles. The number of carbonyl (C=O) groups is 4. The zero-order valence-electron chi connectivity index (χ0n) is 15.8. The van der Waals surface area contributed by atoms with Gasteiger partial charge >= 0.3 is 5.97 Å². The molecule has 0 spiro atoms. The van der Waals surface area contributed by atoms with E-state index < -0.39 is 24.5 Å². The fraction of sp³-hybridized carbons (Fsp3) is 0.300. The van der Waals surface area contributed by atoms with Crippen LogP contribution in [-0.4, -0.2) is 47.8 Å². The molecule has 29 heavy (non-hydrogen) atoms. The number of esters is 1. The average Bonchev–Trinajstić information content (AvgIpc) is 3.37. The molecule has 1 aromatic heterocycles. The number of ether oxygens (including phenoxy) is 1. The summed E-state index contributed by atoms with van der Waals surface area (Å²) in [5.41, 5.74) is 1.01. The summed E-state index contributed by atoms with van der Waals surface area (Å²) < 4.78 is 5.14. The minimum absolute atomic E-state index is 0.196. The Hall–Kier alpha value is -3.20. The van der Waals surface area contributed by atoms with Gasteiger partial charge in [-0.3, -0.25) is 14.4 Å². The maximum Gasteiger partial charge on any atom is 0.329 e. The lowest BCUT2D eigenvalue weighted by atomic mass is 10.2. The molecule has 0 bridgehead atoms. The molecule has 9 heteroatoms. The van der Waals surface area contributed by atoms with Crippen molar-refractivity contribution in [3.05, 3.63) is 46.7 Å². The Balaban J connectivity index is 1.52. The summed E-state index contributed by atoms with van der Waals surface area (Å²) >= 11 is 1.32. The standard InChI is InChI=1S/C20H21N3O5S/c1-13(24)21-14-5-2-6-15(11-14)22-18(25)12-28-20(27)16-7-3-9-23(16)19(26)17-8-4-10-29-17/h2,4-6,8,10-11,16H,3,7,9,12H2,1H3,(H,21,24)(H,22,25)/t16-/m0/s1. The van der Waals surface area contributed by atoms with E-state index in [1.807, 2.05) is 5.38 Å². The van der Waals surface area contributed by atoms with Crippen molar-refractivity contribution >= 4 is 46.4 Å². The first-order chi connectivity index (χ1) is 13.9. The number of anilines is 2. The van der Waals surface area contributed by atoms with E-state index in [9.17, 15) is 19.2 Å². The highest BCUT2D eigenvalue weighted by Crippen LogP contribution is 2.23. The zero-order valence-corrected chi connectivity index (χ0v) is 16.7. The molecule has 1 aromatic carbocycles. The van der Waals surface area contributed by atoms with Gasteiger partial charge in [0, 0.05) is 24.8 Å². The number of carbonyl (C=O) groups excluding carboxylic acids is 4. The zero-order chi connectivity index (χ0) is 20.8. The van der Waals surface area contributed by atoms with Gasteiger partial charge in [0.05, 0.1) is 4.88 Å². The first kappa shape index (κ1) is 20.5. The van der Waals surface area contributed by atoms with Crippen LogP contribution in [-0.2, 0) is 19.1 Å². The van der Waals surface area contributed by atoms with E-state index in [1.54, 1.807) is 36.4 Å². The Kier molecular flexibility index (Phi) is 6.61. The number of benzene rings is 1. The van der Waals surface area contributed by atoms with E-state index in [0.29, 0.717) is 35.6 Å². The summed E-state index contributed by atoms with van der Waals surface area (Å²) in [6, 6.07) is 9.45. The van der Waals surface area contributed by atoms with Crippen LogP contribution >= 0.6 is 11.3 Å². The van der Waals surface area contributed by atoms with Gasteiger partial charge in [-0.25, -0.2) is 4.79 Å². The molecule has 1 fully saturated rings. The molecule has 2 N–H and O–H groups in total. The van der Waals surface area contributed by atoms with Crippen molar-refractivity contribution in [2.75, 3.05) is 23.8 Å². The highest BCUT2D eigenvalue weighted by molar-refractivity contribution is 7.12. The van der Waals surface area contributed by atoms with Crippen LogP contribution in [0.2, 0.25) is 0 Å².